The number of carboxylic acids is 1. The average Bonchev–Trinajstić information content (AvgIpc) is 2.80. The number of hydrogen-bond acceptors (Lipinski definition) is 4. The minimum atomic E-state index is -0.724. The van der Waals surface area contributed by atoms with Crippen molar-refractivity contribution in [2.75, 3.05) is 0 Å². The van der Waals surface area contributed by atoms with Gasteiger partial charge in [0.1, 0.15) is 5.69 Å². The van der Waals surface area contributed by atoms with Crippen LogP contribution in [0.15, 0.2) is 48.5 Å². The summed E-state index contributed by atoms with van der Waals surface area (Å²) in [4.78, 5) is 30.0. The van der Waals surface area contributed by atoms with Crippen molar-refractivity contribution >= 4 is 22.8 Å². The van der Waals surface area contributed by atoms with E-state index in [2.05, 4.69) is 10.3 Å². The smallest absolute Gasteiger partial charge is 0.309 e. The quantitative estimate of drug-likeness (QED) is 0.551. The second kappa shape index (κ2) is 7.33. The van der Waals surface area contributed by atoms with Gasteiger partial charge in [-0.05, 0) is 57.6 Å². The van der Waals surface area contributed by atoms with Gasteiger partial charge in [0, 0.05) is 16.5 Å². The van der Waals surface area contributed by atoms with E-state index in [9.17, 15) is 19.8 Å². The number of nitrogens with zero attached hydrogens (tertiary/aromatic N) is 1. The van der Waals surface area contributed by atoms with Crippen LogP contribution in [-0.2, 0) is 4.79 Å². The third kappa shape index (κ3) is 3.22. The van der Waals surface area contributed by atoms with Crippen molar-refractivity contribution in [2.45, 2.75) is 51.0 Å². The molecule has 1 aromatic heterocycles. The molecular formula is C26H26N2O4. The SMILES string of the molecule is Cc1ccc2nc(-c3ccccc3)c(O)c(C(=O)NC34CCC(C(=O)O)(CC3)CC4)c2c1. The maximum atomic E-state index is 13.6. The summed E-state index contributed by atoms with van der Waals surface area (Å²) in [5.41, 5.74) is 1.89. The number of amides is 1. The highest BCUT2D eigenvalue weighted by molar-refractivity contribution is 6.10. The second-order valence-electron chi connectivity index (χ2n) is 9.39. The molecule has 0 atom stereocenters. The molecule has 1 amide bonds. The van der Waals surface area contributed by atoms with Gasteiger partial charge in [-0.15, -0.1) is 0 Å². The van der Waals surface area contributed by atoms with E-state index < -0.39 is 16.9 Å². The Morgan fingerprint density at radius 1 is 0.969 bits per heavy atom. The Kier molecular flexibility index (Phi) is 4.69. The van der Waals surface area contributed by atoms with Crippen LogP contribution < -0.4 is 5.32 Å². The molecule has 164 valence electrons. The number of hydrogen-bond donors (Lipinski definition) is 3. The zero-order chi connectivity index (χ0) is 22.5. The van der Waals surface area contributed by atoms with E-state index in [-0.39, 0.29) is 17.2 Å². The van der Waals surface area contributed by atoms with E-state index in [0.29, 0.717) is 55.1 Å². The normalized spacial score (nSPS) is 24.4. The summed E-state index contributed by atoms with van der Waals surface area (Å²) in [6.07, 6.45) is 3.62. The lowest BCUT2D eigenvalue weighted by Crippen LogP contribution is -2.58. The largest absolute Gasteiger partial charge is 0.505 e. The van der Waals surface area contributed by atoms with Gasteiger partial charge in [-0.3, -0.25) is 9.59 Å². The second-order valence-corrected chi connectivity index (χ2v) is 9.39. The van der Waals surface area contributed by atoms with E-state index >= 15 is 0 Å². The molecule has 0 radical (unpaired) electrons. The van der Waals surface area contributed by atoms with Crippen LogP contribution in [0, 0.1) is 12.3 Å². The molecule has 0 aliphatic heterocycles. The molecule has 3 fully saturated rings. The third-order valence-electron chi connectivity index (χ3n) is 7.47. The summed E-state index contributed by atoms with van der Waals surface area (Å²) in [6, 6.07) is 15.0. The molecule has 2 bridgehead atoms. The van der Waals surface area contributed by atoms with Crippen LogP contribution in [-0.4, -0.2) is 32.6 Å². The van der Waals surface area contributed by atoms with Crippen LogP contribution >= 0.6 is 0 Å². The van der Waals surface area contributed by atoms with Gasteiger partial charge < -0.3 is 15.5 Å². The van der Waals surface area contributed by atoms with Crippen molar-refractivity contribution in [3.63, 3.8) is 0 Å². The number of fused-ring (bicyclic) bond motifs is 4. The monoisotopic (exact) mass is 430 g/mol. The molecule has 6 nitrogen and oxygen atoms in total. The van der Waals surface area contributed by atoms with E-state index in [0.717, 1.165) is 11.1 Å². The number of pyridine rings is 1. The maximum Gasteiger partial charge on any atom is 0.309 e. The highest BCUT2D eigenvalue weighted by Crippen LogP contribution is 2.52. The summed E-state index contributed by atoms with van der Waals surface area (Å²) in [5, 5.41) is 24.7. The van der Waals surface area contributed by atoms with Gasteiger partial charge in [0.2, 0.25) is 0 Å². The van der Waals surface area contributed by atoms with Gasteiger partial charge in [0.15, 0.2) is 5.75 Å². The number of aromatic nitrogens is 1. The Labute approximate surface area is 186 Å². The van der Waals surface area contributed by atoms with E-state index in [4.69, 9.17) is 0 Å². The number of aliphatic carboxylic acids is 1. The van der Waals surface area contributed by atoms with Gasteiger partial charge in [0.25, 0.3) is 5.91 Å². The number of carbonyl (C=O) groups is 2. The Hall–Kier alpha value is -3.41. The third-order valence-corrected chi connectivity index (χ3v) is 7.47. The minimum Gasteiger partial charge on any atom is -0.505 e. The first-order valence-electron chi connectivity index (χ1n) is 11.1. The number of nitrogens with one attached hydrogen (secondary N) is 1. The molecule has 0 spiro atoms. The van der Waals surface area contributed by atoms with E-state index in [1.165, 1.54) is 0 Å². The number of carboxylic acid groups (broad SMARTS) is 1. The van der Waals surface area contributed by atoms with Crippen molar-refractivity contribution < 1.29 is 19.8 Å². The first-order valence-corrected chi connectivity index (χ1v) is 11.1. The van der Waals surface area contributed by atoms with Gasteiger partial charge in [-0.25, -0.2) is 4.98 Å². The molecule has 3 aliphatic carbocycles. The summed E-state index contributed by atoms with van der Waals surface area (Å²) in [7, 11) is 0. The Balaban J connectivity index is 1.56. The standard InChI is InChI=1S/C26H26N2O4/c1-16-7-8-19-18(15-16)20(22(29)21(27-19)17-5-3-2-4-6-17)23(30)28-26-12-9-25(10-13-26,11-14-26)24(31)32/h2-8,15,29H,9-14H2,1H3,(H,28,30)(H,31,32). The molecule has 2 aromatic carbocycles. The zero-order valence-corrected chi connectivity index (χ0v) is 18.0. The van der Waals surface area contributed by atoms with Crippen molar-refractivity contribution in [2.24, 2.45) is 5.41 Å². The lowest BCUT2D eigenvalue weighted by molar-refractivity contribution is -0.156. The van der Waals surface area contributed by atoms with E-state index in [1.807, 2.05) is 55.5 Å². The molecule has 1 heterocycles. The van der Waals surface area contributed by atoms with Crippen molar-refractivity contribution in [1.29, 1.82) is 0 Å². The van der Waals surface area contributed by atoms with Crippen LogP contribution in [0.3, 0.4) is 0 Å². The first kappa shape index (κ1) is 20.5. The fourth-order valence-corrected chi connectivity index (χ4v) is 5.39. The van der Waals surface area contributed by atoms with E-state index in [1.54, 1.807) is 0 Å². The molecule has 6 rings (SSSR count). The predicted octanol–water partition coefficient (Wildman–Crippen LogP) is 4.82. The van der Waals surface area contributed by atoms with Crippen molar-refractivity contribution in [3.05, 3.63) is 59.7 Å². The maximum absolute atomic E-state index is 13.6. The number of aryl methyl sites for hydroxylation is 1. The fraction of sp³-hybridized carbons (Fsp3) is 0.346. The number of carbonyl (C=O) groups excluding carboxylic acids is 1. The van der Waals surface area contributed by atoms with Gasteiger partial charge in [-0.2, -0.15) is 0 Å². The molecular weight excluding hydrogens is 404 g/mol. The van der Waals surface area contributed by atoms with Crippen LogP contribution in [0.2, 0.25) is 0 Å². The van der Waals surface area contributed by atoms with Crippen LogP contribution in [0.25, 0.3) is 22.2 Å². The van der Waals surface area contributed by atoms with Crippen molar-refractivity contribution in [3.8, 4) is 17.0 Å². The topological polar surface area (TPSA) is 99.5 Å². The average molecular weight is 431 g/mol. The number of benzene rings is 2. The van der Waals surface area contributed by atoms with Gasteiger partial charge >= 0.3 is 5.97 Å². The van der Waals surface area contributed by atoms with Crippen LogP contribution in [0.5, 0.6) is 5.75 Å². The summed E-state index contributed by atoms with van der Waals surface area (Å²) >= 11 is 0. The Bertz CT molecular complexity index is 1210. The molecule has 0 unspecified atom stereocenters. The van der Waals surface area contributed by atoms with Crippen LogP contribution in [0.1, 0.15) is 54.4 Å². The highest BCUT2D eigenvalue weighted by atomic mass is 16.4. The Morgan fingerprint density at radius 2 is 1.62 bits per heavy atom. The minimum absolute atomic E-state index is 0.130. The van der Waals surface area contributed by atoms with Gasteiger partial charge in [0.05, 0.1) is 16.5 Å². The highest BCUT2D eigenvalue weighted by Gasteiger charge is 2.53. The molecule has 3 N–H and O–H groups in total. The fourth-order valence-electron chi connectivity index (χ4n) is 5.39. The lowest BCUT2D eigenvalue weighted by Gasteiger charge is -2.51. The summed E-state index contributed by atoms with van der Waals surface area (Å²) in [6.45, 7) is 1.94. The summed E-state index contributed by atoms with van der Waals surface area (Å²) in [5.74, 6) is -1.19. The predicted molar refractivity (Wildman–Crippen MR) is 122 cm³/mol. The molecule has 32 heavy (non-hydrogen) atoms. The summed E-state index contributed by atoms with van der Waals surface area (Å²) < 4.78 is 0. The first-order chi connectivity index (χ1) is 15.3. The number of aromatic hydroxyl groups is 1. The lowest BCUT2D eigenvalue weighted by atomic mass is 9.57. The van der Waals surface area contributed by atoms with Crippen LogP contribution in [0.4, 0.5) is 0 Å². The zero-order valence-electron chi connectivity index (χ0n) is 18.0. The number of rotatable bonds is 4. The molecule has 3 aliphatic rings. The molecule has 0 saturated heterocycles. The van der Waals surface area contributed by atoms with Crippen molar-refractivity contribution in [1.82, 2.24) is 10.3 Å². The van der Waals surface area contributed by atoms with Gasteiger partial charge in [-0.1, -0.05) is 42.0 Å². The Morgan fingerprint density at radius 3 is 2.25 bits per heavy atom. The molecule has 3 aromatic rings. The molecule has 6 heteroatoms. The molecule has 3 saturated carbocycles.